The Hall–Kier alpha value is -3.26. The van der Waals surface area contributed by atoms with Gasteiger partial charge >= 0.3 is 0 Å². The van der Waals surface area contributed by atoms with E-state index in [2.05, 4.69) is 10.3 Å². The molecule has 0 aliphatic carbocycles. The van der Waals surface area contributed by atoms with Crippen LogP contribution >= 0.6 is 0 Å². The van der Waals surface area contributed by atoms with E-state index in [-0.39, 0.29) is 4.90 Å². The monoisotopic (exact) mass is 383 g/mol. The molecule has 0 spiro atoms. The summed E-state index contributed by atoms with van der Waals surface area (Å²) in [5.74, 6) is 0. The third-order valence-corrected chi connectivity index (χ3v) is 5.13. The van der Waals surface area contributed by atoms with Gasteiger partial charge < -0.3 is 5.32 Å². The van der Waals surface area contributed by atoms with Crippen LogP contribution in [0.3, 0.4) is 0 Å². The van der Waals surface area contributed by atoms with E-state index < -0.39 is 20.4 Å². The minimum atomic E-state index is -3.71. The van der Waals surface area contributed by atoms with E-state index in [0.29, 0.717) is 12.2 Å². The van der Waals surface area contributed by atoms with Crippen molar-refractivity contribution in [2.75, 3.05) is 11.6 Å². The number of nitro benzene ring substituents is 1. The fourth-order valence-corrected chi connectivity index (χ4v) is 3.49. The van der Waals surface area contributed by atoms with Crippen molar-refractivity contribution in [2.24, 2.45) is 0 Å². The number of sulfone groups is 1. The molecule has 0 unspecified atom stereocenters. The maximum Gasteiger partial charge on any atom is 0.288 e. The molecule has 0 saturated carbocycles. The zero-order valence-corrected chi connectivity index (χ0v) is 15.3. The number of hydrogen-bond donors (Lipinski definition) is 1. The van der Waals surface area contributed by atoms with E-state index in [4.69, 9.17) is 0 Å². The van der Waals surface area contributed by atoms with Crippen molar-refractivity contribution in [1.82, 2.24) is 4.98 Å². The summed E-state index contributed by atoms with van der Waals surface area (Å²) in [7, 11) is -3.71. The number of aromatic nitrogens is 1. The summed E-state index contributed by atoms with van der Waals surface area (Å²) in [6.45, 7) is 0.453. The van der Waals surface area contributed by atoms with Crippen molar-refractivity contribution in [2.45, 2.75) is 11.4 Å². The molecule has 0 saturated heterocycles. The number of hydrogen-bond acceptors (Lipinski definition) is 6. The fraction of sp³-hybridized carbons (Fsp3) is 0.105. The topological polar surface area (TPSA) is 102 Å². The molecule has 1 heterocycles. The van der Waals surface area contributed by atoms with Crippen LogP contribution in [-0.2, 0) is 16.4 Å². The van der Waals surface area contributed by atoms with Crippen molar-refractivity contribution in [3.05, 3.63) is 82.7 Å². The van der Waals surface area contributed by atoms with Crippen LogP contribution in [-0.4, -0.2) is 24.6 Å². The molecule has 27 heavy (non-hydrogen) atoms. The van der Waals surface area contributed by atoms with Gasteiger partial charge in [0.1, 0.15) is 4.90 Å². The van der Waals surface area contributed by atoms with Gasteiger partial charge in [-0.3, -0.25) is 15.1 Å². The van der Waals surface area contributed by atoms with Crippen LogP contribution in [0, 0.1) is 10.1 Å². The van der Waals surface area contributed by atoms with E-state index in [1.54, 1.807) is 12.4 Å². The lowest BCUT2D eigenvalue weighted by Crippen LogP contribution is -2.05. The summed E-state index contributed by atoms with van der Waals surface area (Å²) in [6.07, 6.45) is 4.46. The summed E-state index contributed by atoms with van der Waals surface area (Å²) >= 11 is 0. The first-order valence-corrected chi connectivity index (χ1v) is 9.95. The van der Waals surface area contributed by atoms with Gasteiger partial charge in [-0.2, -0.15) is 0 Å². The number of benzene rings is 2. The molecule has 3 rings (SSSR count). The minimum absolute atomic E-state index is 0.301. The molecule has 0 atom stereocenters. The van der Waals surface area contributed by atoms with Crippen LogP contribution in [0.25, 0.3) is 11.1 Å². The minimum Gasteiger partial charge on any atom is -0.381 e. The van der Waals surface area contributed by atoms with Gasteiger partial charge in [-0.15, -0.1) is 0 Å². The van der Waals surface area contributed by atoms with E-state index in [9.17, 15) is 18.5 Å². The number of rotatable bonds is 6. The quantitative estimate of drug-likeness (QED) is 0.515. The van der Waals surface area contributed by atoms with Gasteiger partial charge in [0.05, 0.1) is 4.92 Å². The summed E-state index contributed by atoms with van der Waals surface area (Å²) in [5.41, 5.74) is 3.12. The maximum absolute atomic E-state index is 11.8. The molecule has 138 valence electrons. The number of nitro groups is 1. The molecule has 1 aromatic heterocycles. The highest BCUT2D eigenvalue weighted by Gasteiger charge is 2.22. The normalized spacial score (nSPS) is 11.1. The van der Waals surface area contributed by atoms with Crippen LogP contribution in [0.4, 0.5) is 11.4 Å². The first-order valence-electron chi connectivity index (χ1n) is 8.06. The van der Waals surface area contributed by atoms with E-state index in [0.717, 1.165) is 22.9 Å². The second kappa shape index (κ2) is 7.55. The molecule has 0 aliphatic rings. The fourth-order valence-electron chi connectivity index (χ4n) is 2.62. The Morgan fingerprint density at radius 1 is 1.07 bits per heavy atom. The third kappa shape index (κ3) is 4.48. The van der Waals surface area contributed by atoms with Crippen molar-refractivity contribution in [3.8, 4) is 11.1 Å². The highest BCUT2D eigenvalue weighted by atomic mass is 32.2. The Balaban J connectivity index is 1.76. The van der Waals surface area contributed by atoms with Crippen LogP contribution in [0.1, 0.15) is 5.56 Å². The number of nitrogens with one attached hydrogen (secondary N) is 1. The van der Waals surface area contributed by atoms with Gasteiger partial charge in [0.25, 0.3) is 5.69 Å². The number of nitrogens with zero attached hydrogens (tertiary/aromatic N) is 2. The largest absolute Gasteiger partial charge is 0.381 e. The van der Waals surface area contributed by atoms with E-state index >= 15 is 0 Å². The van der Waals surface area contributed by atoms with Gasteiger partial charge in [-0.25, -0.2) is 8.42 Å². The maximum atomic E-state index is 11.8. The van der Waals surface area contributed by atoms with Gasteiger partial charge in [0.15, 0.2) is 9.84 Å². The number of pyridine rings is 1. The average molecular weight is 383 g/mol. The predicted octanol–water partition coefficient (Wildman–Crippen LogP) is 3.67. The summed E-state index contributed by atoms with van der Waals surface area (Å²) in [4.78, 5) is 14.1. The molecular weight excluding hydrogens is 366 g/mol. The van der Waals surface area contributed by atoms with Crippen molar-refractivity contribution >= 4 is 21.2 Å². The average Bonchev–Trinajstić information content (AvgIpc) is 2.66. The summed E-state index contributed by atoms with van der Waals surface area (Å²) in [5, 5.41) is 14.1. The van der Waals surface area contributed by atoms with Gasteiger partial charge in [-0.1, -0.05) is 30.3 Å². The molecule has 0 bridgehead atoms. The lowest BCUT2D eigenvalue weighted by molar-refractivity contribution is -0.387. The van der Waals surface area contributed by atoms with Gasteiger partial charge in [-0.05, 0) is 34.9 Å². The molecular formula is C19H17N3O4S. The highest BCUT2D eigenvalue weighted by Crippen LogP contribution is 2.27. The number of anilines is 1. The SMILES string of the molecule is CS(=O)(=O)c1cc(NCc2ccc(-c3cccnc3)cc2)ccc1[N+](=O)[O-]. The second-order valence-electron chi connectivity index (χ2n) is 6.00. The molecule has 1 N–H and O–H groups in total. The summed E-state index contributed by atoms with van der Waals surface area (Å²) < 4.78 is 23.6. The molecule has 0 amide bonds. The molecule has 3 aromatic rings. The highest BCUT2D eigenvalue weighted by molar-refractivity contribution is 7.90. The van der Waals surface area contributed by atoms with E-state index in [1.807, 2.05) is 36.4 Å². The first kappa shape index (κ1) is 18.5. The zero-order chi connectivity index (χ0) is 19.4. The van der Waals surface area contributed by atoms with E-state index in [1.165, 1.54) is 18.2 Å². The van der Waals surface area contributed by atoms with Crippen molar-refractivity contribution in [3.63, 3.8) is 0 Å². The predicted molar refractivity (Wildman–Crippen MR) is 103 cm³/mol. The second-order valence-corrected chi connectivity index (χ2v) is 7.99. The third-order valence-electron chi connectivity index (χ3n) is 4.00. The Bertz CT molecular complexity index is 1070. The van der Waals surface area contributed by atoms with Crippen LogP contribution in [0.15, 0.2) is 71.9 Å². The Kier molecular flexibility index (Phi) is 5.18. The van der Waals surface area contributed by atoms with Crippen LogP contribution in [0.5, 0.6) is 0 Å². The zero-order valence-electron chi connectivity index (χ0n) is 14.5. The Morgan fingerprint density at radius 2 is 1.81 bits per heavy atom. The van der Waals surface area contributed by atoms with Crippen LogP contribution in [0.2, 0.25) is 0 Å². The molecule has 7 nitrogen and oxygen atoms in total. The van der Waals surface area contributed by atoms with Crippen molar-refractivity contribution < 1.29 is 13.3 Å². The lowest BCUT2D eigenvalue weighted by Gasteiger charge is -2.09. The molecule has 0 aliphatic heterocycles. The van der Waals surface area contributed by atoms with Crippen LogP contribution < -0.4 is 5.32 Å². The van der Waals surface area contributed by atoms with Gasteiger partial charge in [0.2, 0.25) is 0 Å². The molecule has 8 heteroatoms. The van der Waals surface area contributed by atoms with Crippen molar-refractivity contribution in [1.29, 1.82) is 0 Å². The standard InChI is InChI=1S/C19H17N3O4S/c1-27(25,26)19-11-17(8-9-18(19)22(23)24)21-12-14-4-6-15(7-5-14)16-3-2-10-20-13-16/h2-11,13,21H,12H2,1H3. The summed E-state index contributed by atoms with van der Waals surface area (Å²) in [6, 6.07) is 15.7. The molecule has 2 aromatic carbocycles. The smallest absolute Gasteiger partial charge is 0.288 e. The lowest BCUT2D eigenvalue weighted by atomic mass is 10.1. The molecule has 0 fully saturated rings. The molecule has 0 radical (unpaired) electrons. The first-order chi connectivity index (χ1) is 12.8. The van der Waals surface area contributed by atoms with Gasteiger partial charge in [0, 0.05) is 36.9 Å². The Morgan fingerprint density at radius 3 is 2.41 bits per heavy atom. The Labute approximate surface area is 156 Å².